The van der Waals surface area contributed by atoms with Gasteiger partial charge in [-0.05, 0) is 18.8 Å². The van der Waals surface area contributed by atoms with E-state index in [1.165, 1.54) is 6.33 Å². The number of hydrogen-bond acceptors (Lipinski definition) is 8. The number of hydrogen-bond donors (Lipinski definition) is 4. The maximum Gasteiger partial charge on any atom is 0.278 e. The normalized spacial score (nSPS) is 30.4. The lowest BCUT2D eigenvalue weighted by molar-refractivity contribution is -0.0505. The predicted molar refractivity (Wildman–Crippen MR) is 91.8 cm³/mol. The molecule has 4 unspecified atom stereocenters. The van der Waals surface area contributed by atoms with E-state index in [4.69, 9.17) is 4.74 Å². The van der Waals surface area contributed by atoms with Gasteiger partial charge in [-0.25, -0.2) is 9.97 Å². The van der Waals surface area contributed by atoms with Crippen molar-refractivity contribution in [2.45, 2.75) is 44.3 Å². The van der Waals surface area contributed by atoms with Crippen LogP contribution < -0.4 is 10.5 Å². The number of rotatable bonds is 3. The van der Waals surface area contributed by atoms with Gasteiger partial charge in [0.15, 0.2) is 17.4 Å². The van der Waals surface area contributed by atoms with Crippen LogP contribution in [0.3, 0.4) is 0 Å². The molecule has 0 bridgehead atoms. The smallest absolute Gasteiger partial charge is 0.278 e. The first-order chi connectivity index (χ1) is 12.5. The molecule has 0 spiro atoms. The summed E-state index contributed by atoms with van der Waals surface area (Å²) in [4.78, 5) is 25.4. The summed E-state index contributed by atoms with van der Waals surface area (Å²) < 4.78 is 7.23. The molecule has 2 aliphatic heterocycles. The van der Waals surface area contributed by atoms with Gasteiger partial charge in [0.2, 0.25) is 5.95 Å². The van der Waals surface area contributed by atoms with E-state index < -0.39 is 31.1 Å². The third-order valence-corrected chi connectivity index (χ3v) is 5.30. The Morgan fingerprint density at radius 1 is 1.31 bits per heavy atom. The van der Waals surface area contributed by atoms with E-state index in [1.54, 1.807) is 4.57 Å². The Morgan fingerprint density at radius 3 is 2.69 bits per heavy atom. The molecular formula is C16H23N5O5. The van der Waals surface area contributed by atoms with Crippen LogP contribution in [0.15, 0.2) is 11.1 Å². The second kappa shape index (κ2) is 6.62. The molecule has 0 aliphatic carbocycles. The topological polar surface area (TPSA) is 137 Å². The molecule has 4 rings (SSSR count). The lowest BCUT2D eigenvalue weighted by Gasteiger charge is -2.32. The van der Waals surface area contributed by atoms with Crippen LogP contribution in [0.4, 0.5) is 5.95 Å². The summed E-state index contributed by atoms with van der Waals surface area (Å²) in [5, 5.41) is 29.9. The SMILES string of the molecule is CC1CCN(c2nc3c(=O)[nH]cnc3n2C2OC(CO)C(O)C2O)CC1. The third kappa shape index (κ3) is 2.69. The standard InChI is InChI=1S/C16H23N5O5/c1-8-2-4-20(5-3-8)16-19-10-13(17-7-18-14(10)25)21(16)15-12(24)11(23)9(6-22)26-15/h7-9,11-12,15,22-24H,2-6H2,1H3,(H,17,18,25). The van der Waals surface area contributed by atoms with Gasteiger partial charge in [-0.3, -0.25) is 9.36 Å². The molecule has 4 atom stereocenters. The first-order valence-corrected chi connectivity index (χ1v) is 8.84. The van der Waals surface area contributed by atoms with Crippen LogP contribution in [-0.2, 0) is 4.74 Å². The minimum absolute atomic E-state index is 0.152. The molecule has 10 heteroatoms. The molecular weight excluding hydrogens is 342 g/mol. The highest BCUT2D eigenvalue weighted by molar-refractivity contribution is 5.73. The molecule has 142 valence electrons. The van der Waals surface area contributed by atoms with Crippen molar-refractivity contribution in [3.8, 4) is 0 Å². The first kappa shape index (κ1) is 17.4. The minimum atomic E-state index is -1.27. The average Bonchev–Trinajstić information content (AvgIpc) is 3.15. The second-order valence-corrected chi connectivity index (χ2v) is 7.08. The Morgan fingerprint density at radius 2 is 2.04 bits per heavy atom. The van der Waals surface area contributed by atoms with Gasteiger partial charge in [0.25, 0.3) is 5.56 Å². The number of aliphatic hydroxyl groups is 3. The Bertz CT molecular complexity index is 843. The number of H-pyrrole nitrogens is 1. The van der Waals surface area contributed by atoms with Crippen LogP contribution in [0.5, 0.6) is 0 Å². The van der Waals surface area contributed by atoms with Crippen LogP contribution in [0, 0.1) is 5.92 Å². The Balaban J connectivity index is 1.83. The zero-order valence-corrected chi connectivity index (χ0v) is 14.4. The van der Waals surface area contributed by atoms with Gasteiger partial charge < -0.3 is 29.9 Å². The van der Waals surface area contributed by atoms with E-state index in [1.807, 2.05) is 4.90 Å². The van der Waals surface area contributed by atoms with E-state index in [9.17, 15) is 20.1 Å². The molecule has 0 amide bonds. The fourth-order valence-corrected chi connectivity index (χ4v) is 3.67. The number of nitrogens with zero attached hydrogens (tertiary/aromatic N) is 4. The molecule has 2 aliphatic rings. The van der Waals surface area contributed by atoms with Crippen LogP contribution in [-0.4, -0.2) is 72.8 Å². The number of anilines is 1. The Hall–Kier alpha value is -2.01. The van der Waals surface area contributed by atoms with Gasteiger partial charge in [0.1, 0.15) is 18.3 Å². The summed E-state index contributed by atoms with van der Waals surface area (Å²) in [5.74, 6) is 1.09. The molecule has 2 saturated heterocycles. The van der Waals surface area contributed by atoms with E-state index in [2.05, 4.69) is 21.9 Å². The minimum Gasteiger partial charge on any atom is -0.394 e. The van der Waals surface area contributed by atoms with Gasteiger partial charge in [-0.2, -0.15) is 0 Å². The van der Waals surface area contributed by atoms with Gasteiger partial charge >= 0.3 is 0 Å². The highest BCUT2D eigenvalue weighted by Gasteiger charge is 2.45. The highest BCUT2D eigenvalue weighted by atomic mass is 16.6. The summed E-state index contributed by atoms with van der Waals surface area (Å²) in [6, 6.07) is 0. The molecule has 2 fully saturated rings. The zero-order valence-electron chi connectivity index (χ0n) is 14.4. The lowest BCUT2D eigenvalue weighted by Crippen LogP contribution is -2.37. The van der Waals surface area contributed by atoms with Crippen LogP contribution in [0.2, 0.25) is 0 Å². The van der Waals surface area contributed by atoms with Gasteiger partial charge in [-0.15, -0.1) is 0 Å². The van der Waals surface area contributed by atoms with E-state index >= 15 is 0 Å². The van der Waals surface area contributed by atoms with Crippen LogP contribution in [0.1, 0.15) is 26.0 Å². The van der Waals surface area contributed by atoms with E-state index in [0.717, 1.165) is 25.9 Å². The maximum absolute atomic E-state index is 12.2. The second-order valence-electron chi connectivity index (χ2n) is 7.08. The van der Waals surface area contributed by atoms with Gasteiger partial charge in [0, 0.05) is 13.1 Å². The van der Waals surface area contributed by atoms with E-state index in [-0.39, 0.29) is 16.7 Å². The van der Waals surface area contributed by atoms with Crippen molar-refractivity contribution in [1.82, 2.24) is 19.5 Å². The number of imidazole rings is 1. The van der Waals surface area contributed by atoms with Crippen LogP contribution >= 0.6 is 0 Å². The summed E-state index contributed by atoms with van der Waals surface area (Å²) in [6.07, 6.45) is -1.16. The summed E-state index contributed by atoms with van der Waals surface area (Å²) >= 11 is 0. The van der Waals surface area contributed by atoms with Crippen molar-refractivity contribution in [3.05, 3.63) is 16.7 Å². The molecule has 0 aromatic carbocycles. The third-order valence-electron chi connectivity index (χ3n) is 5.30. The average molecular weight is 365 g/mol. The van der Waals surface area contributed by atoms with Crippen molar-refractivity contribution in [3.63, 3.8) is 0 Å². The molecule has 0 radical (unpaired) electrons. The molecule has 4 N–H and O–H groups in total. The number of piperidine rings is 1. The number of fused-ring (bicyclic) bond motifs is 1. The number of aliphatic hydroxyl groups excluding tert-OH is 3. The molecule has 2 aromatic heterocycles. The van der Waals surface area contributed by atoms with Gasteiger partial charge in [-0.1, -0.05) is 6.92 Å². The number of ether oxygens (including phenoxy) is 1. The number of nitrogens with one attached hydrogen (secondary N) is 1. The Kier molecular flexibility index (Phi) is 4.43. The molecule has 2 aromatic rings. The number of aromatic nitrogens is 4. The summed E-state index contributed by atoms with van der Waals surface area (Å²) in [6.45, 7) is 3.29. The van der Waals surface area contributed by atoms with Crippen molar-refractivity contribution in [2.75, 3.05) is 24.6 Å². The fraction of sp³-hybridized carbons (Fsp3) is 0.688. The fourth-order valence-electron chi connectivity index (χ4n) is 3.67. The lowest BCUT2D eigenvalue weighted by atomic mass is 10.00. The summed E-state index contributed by atoms with van der Waals surface area (Å²) in [7, 11) is 0. The van der Waals surface area contributed by atoms with E-state index in [0.29, 0.717) is 11.9 Å². The molecule has 4 heterocycles. The van der Waals surface area contributed by atoms with Crippen LogP contribution in [0.25, 0.3) is 11.2 Å². The molecule has 26 heavy (non-hydrogen) atoms. The quantitative estimate of drug-likeness (QED) is 0.542. The summed E-state index contributed by atoms with van der Waals surface area (Å²) in [5.41, 5.74) is 0.0446. The largest absolute Gasteiger partial charge is 0.394 e. The molecule has 10 nitrogen and oxygen atoms in total. The van der Waals surface area contributed by atoms with Crippen molar-refractivity contribution < 1.29 is 20.1 Å². The van der Waals surface area contributed by atoms with Crippen molar-refractivity contribution in [1.29, 1.82) is 0 Å². The van der Waals surface area contributed by atoms with Crippen molar-refractivity contribution >= 4 is 17.1 Å². The van der Waals surface area contributed by atoms with Gasteiger partial charge in [0.05, 0.1) is 12.9 Å². The zero-order chi connectivity index (χ0) is 18.4. The highest BCUT2D eigenvalue weighted by Crippen LogP contribution is 2.35. The molecule has 0 saturated carbocycles. The Labute approximate surface area is 149 Å². The monoisotopic (exact) mass is 365 g/mol. The number of aromatic amines is 1. The maximum atomic E-state index is 12.2. The van der Waals surface area contributed by atoms with Crippen molar-refractivity contribution in [2.24, 2.45) is 5.92 Å². The predicted octanol–water partition coefficient (Wildman–Crippen LogP) is -1.03. The first-order valence-electron chi connectivity index (χ1n) is 8.84.